The molecular weight excluding hydrogens is 416 g/mol. The maximum Gasteiger partial charge on any atom is 0.251 e. The predicted molar refractivity (Wildman–Crippen MR) is 114 cm³/mol. The van der Waals surface area contributed by atoms with E-state index >= 15 is 0 Å². The number of nitrogens with two attached hydrogens (primary N) is 1. The molecule has 1 aliphatic heterocycles. The minimum atomic E-state index is -0.803. The minimum absolute atomic E-state index is 0.143. The molecule has 0 saturated carbocycles. The summed E-state index contributed by atoms with van der Waals surface area (Å²) >= 11 is 0. The van der Waals surface area contributed by atoms with Gasteiger partial charge in [0.25, 0.3) is 5.91 Å². The van der Waals surface area contributed by atoms with E-state index in [1.54, 1.807) is 6.07 Å². The summed E-state index contributed by atoms with van der Waals surface area (Å²) in [4.78, 5) is 26.0. The van der Waals surface area contributed by atoms with Gasteiger partial charge in [-0.25, -0.2) is 23.7 Å². The van der Waals surface area contributed by atoms with E-state index in [1.807, 2.05) is 23.1 Å². The molecule has 1 aliphatic rings. The lowest BCUT2D eigenvalue weighted by atomic mass is 9.97. The number of carbonyl (C=O) groups is 1. The number of anilines is 1. The van der Waals surface area contributed by atoms with Gasteiger partial charge in [-0.3, -0.25) is 4.79 Å². The fourth-order valence-electron chi connectivity index (χ4n) is 3.99. The molecular formula is C23H19F2N5O2. The van der Waals surface area contributed by atoms with Gasteiger partial charge in [-0.15, -0.1) is 0 Å². The van der Waals surface area contributed by atoms with Crippen molar-refractivity contribution in [2.45, 2.75) is 18.8 Å². The number of carbonyl (C=O) groups excluding carboxylic acids is 1. The summed E-state index contributed by atoms with van der Waals surface area (Å²) in [6.45, 7) is 1.43. The van der Waals surface area contributed by atoms with Gasteiger partial charge in [0.2, 0.25) is 5.95 Å². The van der Waals surface area contributed by atoms with Gasteiger partial charge in [-0.05, 0) is 48.2 Å². The number of oxazole rings is 1. The smallest absolute Gasteiger partial charge is 0.251 e. The summed E-state index contributed by atoms with van der Waals surface area (Å²) in [6.07, 6.45) is 3.95. The second kappa shape index (κ2) is 7.99. The first kappa shape index (κ1) is 20.0. The number of hydrogen-bond donors (Lipinski definition) is 1. The van der Waals surface area contributed by atoms with Gasteiger partial charge in [0.15, 0.2) is 17.3 Å². The highest BCUT2D eigenvalue weighted by molar-refractivity contribution is 5.93. The largest absolute Gasteiger partial charge is 0.440 e. The van der Waals surface area contributed by atoms with E-state index in [2.05, 4.69) is 15.0 Å². The van der Waals surface area contributed by atoms with Gasteiger partial charge in [0.05, 0.1) is 18.0 Å². The number of piperidine rings is 1. The molecule has 7 nitrogen and oxygen atoms in total. The summed E-state index contributed by atoms with van der Waals surface area (Å²) in [5.74, 6) is -0.597. The lowest BCUT2D eigenvalue weighted by molar-refractivity contribution is 0.0996. The Hall–Kier alpha value is -3.88. The van der Waals surface area contributed by atoms with Crippen molar-refractivity contribution in [3.63, 3.8) is 0 Å². The van der Waals surface area contributed by atoms with Crippen molar-refractivity contribution in [1.82, 2.24) is 15.0 Å². The number of hydrogen-bond acceptors (Lipinski definition) is 6. The molecule has 4 aromatic rings. The topological polar surface area (TPSA) is 98.1 Å². The van der Waals surface area contributed by atoms with E-state index in [1.165, 1.54) is 24.5 Å². The number of benzene rings is 2. The quantitative estimate of drug-likeness (QED) is 0.519. The lowest BCUT2D eigenvalue weighted by Crippen LogP contribution is -2.34. The average Bonchev–Trinajstić information content (AvgIpc) is 3.23. The molecule has 9 heteroatoms. The van der Waals surface area contributed by atoms with Crippen molar-refractivity contribution in [3.05, 3.63) is 71.9 Å². The normalized spacial score (nSPS) is 14.8. The van der Waals surface area contributed by atoms with Gasteiger partial charge < -0.3 is 15.1 Å². The maximum atomic E-state index is 14.2. The number of halogens is 2. The SMILES string of the molecule is NC(=O)c1ccc(-c2ccc3oc(C4CCN(c5ncc(F)cn5)CC4)nc3c2)cc1F. The van der Waals surface area contributed by atoms with Gasteiger partial charge in [0, 0.05) is 19.0 Å². The monoisotopic (exact) mass is 435 g/mol. The number of primary amides is 1. The summed E-state index contributed by atoms with van der Waals surface area (Å²) in [5, 5.41) is 0. The Labute approximate surface area is 181 Å². The molecule has 0 radical (unpaired) electrons. The van der Waals surface area contributed by atoms with Crippen LogP contribution in [0.1, 0.15) is 35.0 Å². The Morgan fingerprint density at radius 1 is 1.03 bits per heavy atom. The van der Waals surface area contributed by atoms with Crippen LogP contribution in [0.25, 0.3) is 22.2 Å². The van der Waals surface area contributed by atoms with E-state index < -0.39 is 17.5 Å². The zero-order valence-electron chi connectivity index (χ0n) is 17.0. The molecule has 2 N–H and O–H groups in total. The average molecular weight is 435 g/mol. The molecule has 2 aromatic carbocycles. The summed E-state index contributed by atoms with van der Waals surface area (Å²) < 4.78 is 33.2. The fraction of sp³-hybridized carbons (Fsp3) is 0.217. The van der Waals surface area contributed by atoms with E-state index in [0.717, 1.165) is 18.4 Å². The molecule has 32 heavy (non-hydrogen) atoms. The van der Waals surface area contributed by atoms with E-state index in [0.29, 0.717) is 41.6 Å². The van der Waals surface area contributed by atoms with Gasteiger partial charge in [-0.1, -0.05) is 12.1 Å². The summed E-state index contributed by atoms with van der Waals surface area (Å²) in [7, 11) is 0. The number of nitrogens with zero attached hydrogens (tertiary/aromatic N) is 4. The number of amides is 1. The molecule has 0 bridgehead atoms. The van der Waals surface area contributed by atoms with Crippen LogP contribution in [0, 0.1) is 11.6 Å². The van der Waals surface area contributed by atoms with Crippen LogP contribution in [0.4, 0.5) is 14.7 Å². The zero-order valence-corrected chi connectivity index (χ0v) is 17.0. The Morgan fingerprint density at radius 3 is 2.41 bits per heavy atom. The van der Waals surface area contributed by atoms with E-state index in [4.69, 9.17) is 10.2 Å². The predicted octanol–water partition coefficient (Wildman–Crippen LogP) is 4.05. The van der Waals surface area contributed by atoms with Crippen LogP contribution in [0.2, 0.25) is 0 Å². The van der Waals surface area contributed by atoms with E-state index in [-0.39, 0.29) is 11.5 Å². The Bertz CT molecular complexity index is 1300. The van der Waals surface area contributed by atoms with Crippen molar-refractivity contribution in [2.75, 3.05) is 18.0 Å². The second-order valence-electron chi connectivity index (χ2n) is 7.76. The van der Waals surface area contributed by atoms with Crippen LogP contribution in [0.5, 0.6) is 0 Å². The third-order valence-electron chi connectivity index (χ3n) is 5.71. The van der Waals surface area contributed by atoms with Crippen molar-refractivity contribution < 1.29 is 18.0 Å². The van der Waals surface area contributed by atoms with Crippen LogP contribution >= 0.6 is 0 Å². The third-order valence-corrected chi connectivity index (χ3v) is 5.71. The van der Waals surface area contributed by atoms with Crippen molar-refractivity contribution >= 4 is 23.0 Å². The third kappa shape index (κ3) is 3.77. The standard InChI is InChI=1S/C23H19F2N5O2/c24-16-11-27-23(28-12-16)30-7-5-13(6-8-30)22-29-19-10-15(2-4-20(19)32-22)14-1-3-17(21(26)31)18(25)9-14/h1-4,9-13H,5-8H2,(H2,26,31). The summed E-state index contributed by atoms with van der Waals surface area (Å²) in [5.41, 5.74) is 7.74. The molecule has 1 amide bonds. The van der Waals surface area contributed by atoms with Gasteiger partial charge >= 0.3 is 0 Å². The molecule has 0 aliphatic carbocycles. The van der Waals surface area contributed by atoms with Crippen LogP contribution in [0.15, 0.2) is 53.2 Å². The van der Waals surface area contributed by atoms with Gasteiger partial charge in [0.1, 0.15) is 11.3 Å². The first-order chi connectivity index (χ1) is 15.5. The minimum Gasteiger partial charge on any atom is -0.440 e. The Balaban J connectivity index is 1.34. The lowest BCUT2D eigenvalue weighted by Gasteiger charge is -2.30. The number of fused-ring (bicyclic) bond motifs is 1. The highest BCUT2D eigenvalue weighted by Gasteiger charge is 2.26. The summed E-state index contributed by atoms with van der Waals surface area (Å²) in [6, 6.07) is 9.79. The van der Waals surface area contributed by atoms with Crippen molar-refractivity contribution in [1.29, 1.82) is 0 Å². The highest BCUT2D eigenvalue weighted by Crippen LogP contribution is 2.32. The van der Waals surface area contributed by atoms with Crippen LogP contribution in [-0.2, 0) is 0 Å². The molecule has 2 aromatic heterocycles. The molecule has 3 heterocycles. The number of rotatable bonds is 4. The van der Waals surface area contributed by atoms with Crippen LogP contribution < -0.4 is 10.6 Å². The maximum absolute atomic E-state index is 14.2. The van der Waals surface area contributed by atoms with E-state index in [9.17, 15) is 13.6 Å². The second-order valence-corrected chi connectivity index (χ2v) is 7.76. The molecule has 162 valence electrons. The van der Waals surface area contributed by atoms with Crippen LogP contribution in [-0.4, -0.2) is 33.9 Å². The van der Waals surface area contributed by atoms with Gasteiger partial charge in [-0.2, -0.15) is 0 Å². The van der Waals surface area contributed by atoms with Crippen molar-refractivity contribution in [3.8, 4) is 11.1 Å². The molecule has 0 unspecified atom stereocenters. The molecule has 1 fully saturated rings. The Kier molecular flexibility index (Phi) is 5.01. The molecule has 0 atom stereocenters. The number of aromatic nitrogens is 3. The zero-order chi connectivity index (χ0) is 22.2. The Morgan fingerprint density at radius 2 is 1.72 bits per heavy atom. The van der Waals surface area contributed by atoms with Crippen LogP contribution in [0.3, 0.4) is 0 Å². The molecule has 5 rings (SSSR count). The van der Waals surface area contributed by atoms with Crippen molar-refractivity contribution in [2.24, 2.45) is 5.73 Å². The first-order valence-corrected chi connectivity index (χ1v) is 10.2. The molecule has 1 saturated heterocycles. The first-order valence-electron chi connectivity index (χ1n) is 10.2. The fourth-order valence-corrected chi connectivity index (χ4v) is 3.99. The highest BCUT2D eigenvalue weighted by atomic mass is 19.1. The molecule has 0 spiro atoms.